The van der Waals surface area contributed by atoms with Crippen molar-refractivity contribution in [2.24, 2.45) is 0 Å². The summed E-state index contributed by atoms with van der Waals surface area (Å²) < 4.78 is 0.803. The number of nitrogens with two attached hydrogens (primary N) is 1. The van der Waals surface area contributed by atoms with Crippen molar-refractivity contribution >= 4 is 33.5 Å². The quantitative estimate of drug-likeness (QED) is 0.937. The maximum atomic E-state index is 5.96. The number of anilines is 1. The van der Waals surface area contributed by atoms with Crippen molar-refractivity contribution in [2.75, 3.05) is 5.73 Å². The minimum atomic E-state index is 0.245. The number of rotatable bonds is 3. The molecule has 0 saturated carbocycles. The number of aromatic nitrogens is 3. The van der Waals surface area contributed by atoms with Crippen LogP contribution in [0.4, 0.5) is 5.95 Å². The van der Waals surface area contributed by atoms with Crippen LogP contribution in [0.3, 0.4) is 0 Å². The topological polar surface area (TPSA) is 64.7 Å². The Balaban J connectivity index is 2.46. The highest BCUT2D eigenvalue weighted by Gasteiger charge is 2.08. The molecule has 0 fully saturated rings. The van der Waals surface area contributed by atoms with Crippen molar-refractivity contribution in [2.45, 2.75) is 19.8 Å². The molecular weight excluding hydrogens is 316 g/mol. The van der Waals surface area contributed by atoms with E-state index in [2.05, 4.69) is 37.8 Å². The second kappa shape index (κ2) is 5.63. The van der Waals surface area contributed by atoms with Crippen molar-refractivity contribution in [3.8, 4) is 11.4 Å². The number of nitrogen functional groups attached to an aromatic ring is 1. The first kappa shape index (κ1) is 13.2. The van der Waals surface area contributed by atoms with Gasteiger partial charge in [0.15, 0.2) is 5.82 Å². The standard InChI is InChI=1S/C12H12BrClN4/c1-2-3-10-16-11(18-12(15)17-10)7-4-5-9(14)8(13)6-7/h4-6H,2-3H2,1H3,(H2,15,16,17,18). The van der Waals surface area contributed by atoms with Crippen molar-refractivity contribution in [3.63, 3.8) is 0 Å². The highest BCUT2D eigenvalue weighted by molar-refractivity contribution is 9.10. The van der Waals surface area contributed by atoms with Crippen LogP contribution in [0.1, 0.15) is 19.2 Å². The fraction of sp³-hybridized carbons (Fsp3) is 0.250. The van der Waals surface area contributed by atoms with Gasteiger partial charge in [0.05, 0.1) is 5.02 Å². The zero-order valence-corrected chi connectivity index (χ0v) is 12.2. The third kappa shape index (κ3) is 2.97. The van der Waals surface area contributed by atoms with E-state index in [9.17, 15) is 0 Å². The summed E-state index contributed by atoms with van der Waals surface area (Å²) >= 11 is 9.33. The van der Waals surface area contributed by atoms with E-state index < -0.39 is 0 Å². The second-order valence-corrected chi connectivity index (χ2v) is 5.07. The van der Waals surface area contributed by atoms with E-state index in [1.807, 2.05) is 12.1 Å². The smallest absolute Gasteiger partial charge is 0.223 e. The summed E-state index contributed by atoms with van der Waals surface area (Å²) in [7, 11) is 0. The Morgan fingerprint density at radius 1 is 1.28 bits per heavy atom. The van der Waals surface area contributed by atoms with Gasteiger partial charge in [0, 0.05) is 16.5 Å². The average molecular weight is 328 g/mol. The maximum absolute atomic E-state index is 5.96. The number of hydrogen-bond donors (Lipinski definition) is 1. The summed E-state index contributed by atoms with van der Waals surface area (Å²) in [6, 6.07) is 5.52. The second-order valence-electron chi connectivity index (χ2n) is 3.81. The fourth-order valence-corrected chi connectivity index (χ4v) is 2.03. The van der Waals surface area contributed by atoms with Crippen molar-refractivity contribution < 1.29 is 0 Å². The summed E-state index contributed by atoms with van der Waals surface area (Å²) in [5, 5.41) is 0.648. The minimum Gasteiger partial charge on any atom is -0.368 e. The van der Waals surface area contributed by atoms with Gasteiger partial charge >= 0.3 is 0 Å². The van der Waals surface area contributed by atoms with Gasteiger partial charge in [-0.05, 0) is 40.5 Å². The Hall–Kier alpha value is -1.20. The predicted octanol–water partition coefficient (Wildman–Crippen LogP) is 3.49. The van der Waals surface area contributed by atoms with Crippen molar-refractivity contribution in [3.05, 3.63) is 33.5 Å². The molecule has 0 spiro atoms. The molecule has 1 heterocycles. The first-order chi connectivity index (χ1) is 8.60. The van der Waals surface area contributed by atoms with Crippen LogP contribution in [-0.4, -0.2) is 15.0 Å². The monoisotopic (exact) mass is 326 g/mol. The summed E-state index contributed by atoms with van der Waals surface area (Å²) in [5.74, 6) is 1.53. The lowest BCUT2D eigenvalue weighted by atomic mass is 10.2. The highest BCUT2D eigenvalue weighted by Crippen LogP contribution is 2.27. The Kier molecular flexibility index (Phi) is 4.14. The molecule has 2 aromatic rings. The number of benzene rings is 1. The van der Waals surface area contributed by atoms with Gasteiger partial charge in [0.25, 0.3) is 0 Å². The van der Waals surface area contributed by atoms with Gasteiger partial charge in [0.1, 0.15) is 5.82 Å². The van der Waals surface area contributed by atoms with Crippen LogP contribution in [-0.2, 0) is 6.42 Å². The summed E-state index contributed by atoms with van der Waals surface area (Å²) in [5.41, 5.74) is 6.55. The number of aryl methyl sites for hydroxylation is 1. The summed E-state index contributed by atoms with van der Waals surface area (Å²) in [6.07, 6.45) is 1.75. The Morgan fingerprint density at radius 2 is 2.06 bits per heavy atom. The lowest BCUT2D eigenvalue weighted by molar-refractivity contribution is 0.825. The van der Waals surface area contributed by atoms with E-state index in [-0.39, 0.29) is 5.95 Å². The van der Waals surface area contributed by atoms with Gasteiger partial charge in [-0.3, -0.25) is 0 Å². The van der Waals surface area contributed by atoms with Gasteiger partial charge in [0.2, 0.25) is 5.95 Å². The van der Waals surface area contributed by atoms with Crippen LogP contribution in [0.25, 0.3) is 11.4 Å². The van der Waals surface area contributed by atoms with E-state index in [1.54, 1.807) is 6.07 Å². The number of halogens is 2. The van der Waals surface area contributed by atoms with E-state index in [0.717, 1.165) is 22.9 Å². The van der Waals surface area contributed by atoms with E-state index in [4.69, 9.17) is 17.3 Å². The molecule has 2 N–H and O–H groups in total. The van der Waals surface area contributed by atoms with Crippen molar-refractivity contribution in [1.29, 1.82) is 0 Å². The Labute approximate surface area is 119 Å². The summed E-state index contributed by atoms with van der Waals surface area (Å²) in [4.78, 5) is 12.7. The molecule has 0 radical (unpaired) electrons. The molecule has 0 unspecified atom stereocenters. The molecule has 1 aromatic heterocycles. The van der Waals surface area contributed by atoms with Crippen LogP contribution in [0, 0.1) is 0 Å². The first-order valence-corrected chi connectivity index (χ1v) is 6.73. The third-order valence-electron chi connectivity index (χ3n) is 2.35. The lowest BCUT2D eigenvalue weighted by Gasteiger charge is -2.05. The normalized spacial score (nSPS) is 10.6. The largest absolute Gasteiger partial charge is 0.368 e. The molecule has 2 rings (SSSR count). The molecule has 0 amide bonds. The molecular formula is C12H12BrClN4. The molecule has 94 valence electrons. The highest BCUT2D eigenvalue weighted by atomic mass is 79.9. The Bertz CT molecular complexity index is 574. The van der Waals surface area contributed by atoms with Crippen LogP contribution in [0.5, 0.6) is 0 Å². The molecule has 4 nitrogen and oxygen atoms in total. The molecule has 0 aliphatic heterocycles. The van der Waals surface area contributed by atoms with Crippen molar-refractivity contribution in [1.82, 2.24) is 15.0 Å². The first-order valence-electron chi connectivity index (χ1n) is 5.56. The number of nitrogens with zero attached hydrogens (tertiary/aromatic N) is 3. The molecule has 1 aromatic carbocycles. The van der Waals surface area contributed by atoms with Gasteiger partial charge in [-0.2, -0.15) is 9.97 Å². The molecule has 0 atom stereocenters. The Morgan fingerprint density at radius 3 is 2.72 bits per heavy atom. The van der Waals surface area contributed by atoms with Crippen LogP contribution < -0.4 is 5.73 Å². The molecule has 0 saturated heterocycles. The number of hydrogen-bond acceptors (Lipinski definition) is 4. The van der Waals surface area contributed by atoms with Gasteiger partial charge in [-0.1, -0.05) is 18.5 Å². The minimum absolute atomic E-state index is 0.245. The van der Waals surface area contributed by atoms with Crippen LogP contribution in [0.2, 0.25) is 5.02 Å². The fourth-order valence-electron chi connectivity index (χ4n) is 1.54. The van der Waals surface area contributed by atoms with E-state index in [0.29, 0.717) is 16.7 Å². The van der Waals surface area contributed by atoms with Crippen LogP contribution >= 0.6 is 27.5 Å². The SMILES string of the molecule is CCCc1nc(N)nc(-c2ccc(Cl)c(Br)c2)n1. The van der Waals surface area contributed by atoms with E-state index >= 15 is 0 Å². The van der Waals surface area contributed by atoms with E-state index in [1.165, 1.54) is 0 Å². The van der Waals surface area contributed by atoms with Gasteiger partial charge in [-0.25, -0.2) is 4.98 Å². The molecule has 0 aliphatic carbocycles. The maximum Gasteiger partial charge on any atom is 0.223 e. The zero-order valence-electron chi connectivity index (χ0n) is 9.82. The molecule has 6 heteroatoms. The average Bonchev–Trinajstić information content (AvgIpc) is 2.32. The third-order valence-corrected chi connectivity index (χ3v) is 3.56. The van der Waals surface area contributed by atoms with Crippen LogP contribution in [0.15, 0.2) is 22.7 Å². The molecule has 0 aliphatic rings. The summed E-state index contributed by atoms with van der Waals surface area (Å²) in [6.45, 7) is 2.07. The molecule has 0 bridgehead atoms. The predicted molar refractivity (Wildman–Crippen MR) is 76.4 cm³/mol. The molecule has 18 heavy (non-hydrogen) atoms. The van der Waals surface area contributed by atoms with Gasteiger partial charge < -0.3 is 5.73 Å². The lowest BCUT2D eigenvalue weighted by Crippen LogP contribution is -2.04. The zero-order chi connectivity index (χ0) is 13.1. The van der Waals surface area contributed by atoms with Gasteiger partial charge in [-0.15, -0.1) is 0 Å².